The lowest BCUT2D eigenvalue weighted by Crippen LogP contribution is -2.47. The Morgan fingerprint density at radius 3 is 1.97 bits per heavy atom. The van der Waals surface area contributed by atoms with Gasteiger partial charge in [0.15, 0.2) is 5.82 Å². The third kappa shape index (κ3) is 4.71. The van der Waals surface area contributed by atoms with E-state index in [1.54, 1.807) is 0 Å². The normalized spacial score (nSPS) is 15.7. The van der Waals surface area contributed by atoms with Gasteiger partial charge >= 0.3 is 0 Å². The molecule has 0 N–H and O–H groups in total. The number of halogens is 2. The standard InChI is InChI=1S/C22H26F2N6/c1-2-11-30-21(25-26-27-30)16-28-12-14-29(15-13-28)22(17-3-7-19(23)8-4-17)18-5-9-20(24)10-6-18/h3-10,22H,2,11-16H2,1H3. The summed E-state index contributed by atoms with van der Waals surface area (Å²) in [7, 11) is 0. The Bertz CT molecular complexity index is 888. The van der Waals surface area contributed by atoms with Crippen LogP contribution >= 0.6 is 0 Å². The van der Waals surface area contributed by atoms with Gasteiger partial charge in [0.2, 0.25) is 0 Å². The topological polar surface area (TPSA) is 50.1 Å². The fourth-order valence-corrected chi connectivity index (χ4v) is 4.01. The van der Waals surface area contributed by atoms with Crippen LogP contribution in [0.5, 0.6) is 0 Å². The first-order valence-electron chi connectivity index (χ1n) is 10.4. The minimum Gasteiger partial charge on any atom is -0.293 e. The van der Waals surface area contributed by atoms with E-state index in [1.165, 1.54) is 24.3 Å². The van der Waals surface area contributed by atoms with Gasteiger partial charge in [-0.25, -0.2) is 13.5 Å². The highest BCUT2D eigenvalue weighted by Crippen LogP contribution is 2.30. The van der Waals surface area contributed by atoms with Crippen molar-refractivity contribution in [3.05, 3.63) is 77.1 Å². The number of rotatable bonds is 7. The average Bonchev–Trinajstić information content (AvgIpc) is 3.19. The van der Waals surface area contributed by atoms with Crippen LogP contribution in [0.15, 0.2) is 48.5 Å². The summed E-state index contributed by atoms with van der Waals surface area (Å²) in [5.41, 5.74) is 2.01. The molecular formula is C22H26F2N6. The third-order valence-electron chi connectivity index (χ3n) is 5.55. The molecule has 0 spiro atoms. The molecule has 1 aliphatic heterocycles. The van der Waals surface area contributed by atoms with Gasteiger partial charge in [-0.1, -0.05) is 31.2 Å². The lowest BCUT2D eigenvalue weighted by atomic mass is 9.96. The highest BCUT2D eigenvalue weighted by molar-refractivity contribution is 5.32. The van der Waals surface area contributed by atoms with E-state index in [0.717, 1.165) is 62.6 Å². The van der Waals surface area contributed by atoms with E-state index < -0.39 is 0 Å². The molecule has 2 heterocycles. The Morgan fingerprint density at radius 2 is 1.43 bits per heavy atom. The predicted octanol–water partition coefficient (Wildman–Crippen LogP) is 3.27. The van der Waals surface area contributed by atoms with Crippen LogP contribution in [0.3, 0.4) is 0 Å². The molecule has 1 fully saturated rings. The van der Waals surface area contributed by atoms with Gasteiger partial charge < -0.3 is 0 Å². The van der Waals surface area contributed by atoms with Crippen molar-refractivity contribution in [2.75, 3.05) is 26.2 Å². The predicted molar refractivity (Wildman–Crippen MR) is 110 cm³/mol. The van der Waals surface area contributed by atoms with E-state index in [0.29, 0.717) is 0 Å². The molecule has 0 radical (unpaired) electrons. The Kier molecular flexibility index (Phi) is 6.44. The van der Waals surface area contributed by atoms with Crippen molar-refractivity contribution < 1.29 is 8.78 Å². The van der Waals surface area contributed by atoms with Crippen LogP contribution in [0.25, 0.3) is 0 Å². The van der Waals surface area contributed by atoms with Gasteiger partial charge in [0, 0.05) is 32.7 Å². The monoisotopic (exact) mass is 412 g/mol. The third-order valence-corrected chi connectivity index (χ3v) is 5.55. The Balaban J connectivity index is 1.48. The zero-order valence-electron chi connectivity index (χ0n) is 17.1. The molecule has 1 aromatic heterocycles. The molecule has 2 aromatic carbocycles. The lowest BCUT2D eigenvalue weighted by molar-refractivity contribution is 0.102. The van der Waals surface area contributed by atoms with E-state index in [4.69, 9.17) is 0 Å². The smallest absolute Gasteiger partial charge is 0.165 e. The summed E-state index contributed by atoms with van der Waals surface area (Å²) < 4.78 is 28.8. The van der Waals surface area contributed by atoms with Crippen LogP contribution in [-0.4, -0.2) is 56.2 Å². The van der Waals surface area contributed by atoms with Gasteiger partial charge in [-0.05, 0) is 52.2 Å². The van der Waals surface area contributed by atoms with E-state index >= 15 is 0 Å². The molecule has 30 heavy (non-hydrogen) atoms. The molecule has 0 saturated carbocycles. The average molecular weight is 412 g/mol. The largest absolute Gasteiger partial charge is 0.293 e. The van der Waals surface area contributed by atoms with Crippen LogP contribution in [0.2, 0.25) is 0 Å². The highest BCUT2D eigenvalue weighted by Gasteiger charge is 2.27. The van der Waals surface area contributed by atoms with Gasteiger partial charge in [0.1, 0.15) is 11.6 Å². The zero-order chi connectivity index (χ0) is 20.9. The van der Waals surface area contributed by atoms with Crippen molar-refractivity contribution in [3.8, 4) is 0 Å². The molecule has 0 bridgehead atoms. The number of tetrazole rings is 1. The summed E-state index contributed by atoms with van der Waals surface area (Å²) >= 11 is 0. The fourth-order valence-electron chi connectivity index (χ4n) is 4.01. The highest BCUT2D eigenvalue weighted by atomic mass is 19.1. The summed E-state index contributed by atoms with van der Waals surface area (Å²) in [5, 5.41) is 12.0. The van der Waals surface area contributed by atoms with Gasteiger partial charge in [0.25, 0.3) is 0 Å². The summed E-state index contributed by atoms with van der Waals surface area (Å²) in [6, 6.07) is 13.1. The molecule has 158 valence electrons. The van der Waals surface area contributed by atoms with Gasteiger partial charge in [-0.15, -0.1) is 5.10 Å². The number of benzene rings is 2. The van der Waals surface area contributed by atoms with Crippen LogP contribution < -0.4 is 0 Å². The Morgan fingerprint density at radius 1 is 0.867 bits per heavy atom. The maximum Gasteiger partial charge on any atom is 0.165 e. The second-order valence-corrected chi connectivity index (χ2v) is 7.64. The van der Waals surface area contributed by atoms with Crippen LogP contribution in [0, 0.1) is 11.6 Å². The quantitative estimate of drug-likeness (QED) is 0.596. The number of hydrogen-bond acceptors (Lipinski definition) is 5. The molecule has 0 aliphatic carbocycles. The van der Waals surface area contributed by atoms with Crippen LogP contribution in [-0.2, 0) is 13.1 Å². The molecule has 1 aliphatic rings. The Labute approximate surface area is 175 Å². The maximum atomic E-state index is 13.5. The lowest BCUT2D eigenvalue weighted by Gasteiger charge is -2.39. The van der Waals surface area contributed by atoms with E-state index in [-0.39, 0.29) is 17.7 Å². The molecular weight excluding hydrogens is 386 g/mol. The minimum atomic E-state index is -0.258. The van der Waals surface area contributed by atoms with E-state index in [2.05, 4.69) is 32.2 Å². The van der Waals surface area contributed by atoms with E-state index in [9.17, 15) is 8.78 Å². The first kappa shape index (κ1) is 20.6. The molecule has 3 aromatic rings. The van der Waals surface area contributed by atoms with Crippen molar-refractivity contribution in [1.29, 1.82) is 0 Å². The molecule has 0 amide bonds. The molecule has 1 saturated heterocycles. The molecule has 0 atom stereocenters. The first-order valence-corrected chi connectivity index (χ1v) is 10.4. The number of piperazine rings is 1. The van der Waals surface area contributed by atoms with Gasteiger partial charge in [0.05, 0.1) is 12.6 Å². The number of nitrogens with zero attached hydrogens (tertiary/aromatic N) is 6. The maximum absolute atomic E-state index is 13.5. The molecule has 0 unspecified atom stereocenters. The van der Waals surface area contributed by atoms with Crippen molar-refractivity contribution in [2.24, 2.45) is 0 Å². The number of aryl methyl sites for hydroxylation is 1. The molecule has 4 rings (SSSR count). The summed E-state index contributed by atoms with van der Waals surface area (Å²) in [6.07, 6.45) is 0.989. The van der Waals surface area contributed by atoms with Crippen LogP contribution in [0.1, 0.15) is 36.3 Å². The number of hydrogen-bond donors (Lipinski definition) is 0. The van der Waals surface area contributed by atoms with Gasteiger partial charge in [-0.3, -0.25) is 9.80 Å². The second kappa shape index (κ2) is 9.40. The van der Waals surface area contributed by atoms with Crippen molar-refractivity contribution >= 4 is 0 Å². The van der Waals surface area contributed by atoms with E-state index in [1.807, 2.05) is 28.9 Å². The van der Waals surface area contributed by atoms with Gasteiger partial charge in [-0.2, -0.15) is 0 Å². The van der Waals surface area contributed by atoms with Crippen molar-refractivity contribution in [1.82, 2.24) is 30.0 Å². The summed E-state index contributed by atoms with van der Waals surface area (Å²) in [5.74, 6) is 0.372. The SMILES string of the molecule is CCCn1nnnc1CN1CCN(C(c2ccc(F)cc2)c2ccc(F)cc2)CC1. The fraction of sp³-hybridized carbons (Fsp3) is 0.409. The zero-order valence-corrected chi connectivity index (χ0v) is 17.1. The molecule has 8 heteroatoms. The number of aromatic nitrogens is 4. The summed E-state index contributed by atoms with van der Waals surface area (Å²) in [6.45, 7) is 7.08. The minimum absolute atomic E-state index is 0.0428. The second-order valence-electron chi connectivity index (χ2n) is 7.64. The van der Waals surface area contributed by atoms with Crippen molar-refractivity contribution in [3.63, 3.8) is 0 Å². The van der Waals surface area contributed by atoms with Crippen molar-refractivity contribution in [2.45, 2.75) is 32.5 Å². The Hall–Kier alpha value is -2.71. The van der Waals surface area contributed by atoms with Crippen LogP contribution in [0.4, 0.5) is 8.78 Å². The summed E-state index contributed by atoms with van der Waals surface area (Å²) in [4.78, 5) is 4.72. The first-order chi connectivity index (χ1) is 14.6. The molecule has 6 nitrogen and oxygen atoms in total.